The fourth-order valence-corrected chi connectivity index (χ4v) is 2.11. The third-order valence-electron chi connectivity index (χ3n) is 2.49. The zero-order chi connectivity index (χ0) is 12.1. The van der Waals surface area contributed by atoms with Crippen molar-refractivity contribution in [1.82, 2.24) is 5.32 Å². The van der Waals surface area contributed by atoms with Gasteiger partial charge in [0.2, 0.25) is 5.91 Å². The molecule has 0 aromatic heterocycles. The molecular formula is C11H19NO3S. The molecule has 1 aliphatic carbocycles. The van der Waals surface area contributed by atoms with Gasteiger partial charge in [-0.3, -0.25) is 9.59 Å². The fraction of sp³-hybridized carbons (Fsp3) is 0.818. The molecule has 2 atom stereocenters. The highest BCUT2D eigenvalue weighted by Crippen LogP contribution is 2.21. The number of methoxy groups -OCH3 is 1. The van der Waals surface area contributed by atoms with Crippen molar-refractivity contribution in [2.45, 2.75) is 38.0 Å². The van der Waals surface area contributed by atoms with E-state index in [1.165, 1.54) is 18.9 Å². The van der Waals surface area contributed by atoms with Crippen molar-refractivity contribution in [2.75, 3.05) is 12.9 Å². The number of amides is 1. The lowest BCUT2D eigenvalue weighted by atomic mass is 10.2. The summed E-state index contributed by atoms with van der Waals surface area (Å²) in [6.07, 6.45) is 2.20. The van der Waals surface area contributed by atoms with Gasteiger partial charge >= 0.3 is 5.97 Å². The highest BCUT2D eigenvalue weighted by molar-refractivity contribution is 8.00. The SMILES string of the molecule is COC(=O)C(C)CSC(C)C(=O)NC1CC1. The van der Waals surface area contributed by atoms with Crippen LogP contribution in [0, 0.1) is 5.92 Å². The summed E-state index contributed by atoms with van der Waals surface area (Å²) in [7, 11) is 1.38. The Kier molecular flexibility index (Phi) is 5.12. The summed E-state index contributed by atoms with van der Waals surface area (Å²) < 4.78 is 4.63. The van der Waals surface area contributed by atoms with Gasteiger partial charge in [0.1, 0.15) is 0 Å². The lowest BCUT2D eigenvalue weighted by Gasteiger charge is -2.13. The number of carbonyl (C=O) groups excluding carboxylic acids is 2. The van der Waals surface area contributed by atoms with Crippen LogP contribution in [0.1, 0.15) is 26.7 Å². The Morgan fingerprint density at radius 3 is 2.56 bits per heavy atom. The second-order valence-electron chi connectivity index (χ2n) is 4.18. The van der Waals surface area contributed by atoms with Gasteiger partial charge in [0, 0.05) is 11.8 Å². The van der Waals surface area contributed by atoms with Crippen LogP contribution >= 0.6 is 11.8 Å². The first kappa shape index (κ1) is 13.4. The topological polar surface area (TPSA) is 55.4 Å². The molecule has 1 fully saturated rings. The third kappa shape index (κ3) is 4.43. The minimum atomic E-state index is -0.220. The van der Waals surface area contributed by atoms with Crippen LogP contribution in [0.2, 0.25) is 0 Å². The highest BCUT2D eigenvalue weighted by Gasteiger charge is 2.26. The third-order valence-corrected chi connectivity index (χ3v) is 3.90. The maximum Gasteiger partial charge on any atom is 0.309 e. The maximum absolute atomic E-state index is 11.6. The number of esters is 1. The zero-order valence-electron chi connectivity index (χ0n) is 9.99. The van der Waals surface area contributed by atoms with E-state index in [-0.39, 0.29) is 23.0 Å². The predicted molar refractivity (Wildman–Crippen MR) is 64.3 cm³/mol. The number of hydrogen-bond acceptors (Lipinski definition) is 4. The average Bonchev–Trinajstić information content (AvgIpc) is 3.07. The van der Waals surface area contributed by atoms with Gasteiger partial charge in [0.05, 0.1) is 18.3 Å². The van der Waals surface area contributed by atoms with Gasteiger partial charge in [-0.05, 0) is 19.8 Å². The van der Waals surface area contributed by atoms with Crippen LogP contribution in [0.3, 0.4) is 0 Å². The summed E-state index contributed by atoms with van der Waals surface area (Å²) in [5, 5.41) is 2.84. The Morgan fingerprint density at radius 1 is 1.44 bits per heavy atom. The zero-order valence-corrected chi connectivity index (χ0v) is 10.8. The Morgan fingerprint density at radius 2 is 2.06 bits per heavy atom. The smallest absolute Gasteiger partial charge is 0.309 e. The van der Waals surface area contributed by atoms with E-state index in [1.807, 2.05) is 13.8 Å². The molecule has 0 aromatic carbocycles. The van der Waals surface area contributed by atoms with Crippen molar-refractivity contribution in [3.8, 4) is 0 Å². The molecule has 0 heterocycles. The molecule has 1 saturated carbocycles. The van der Waals surface area contributed by atoms with Crippen LogP contribution in [0.25, 0.3) is 0 Å². The molecule has 4 nitrogen and oxygen atoms in total. The molecule has 5 heteroatoms. The van der Waals surface area contributed by atoms with Gasteiger partial charge in [0.25, 0.3) is 0 Å². The van der Waals surface area contributed by atoms with E-state index in [0.717, 1.165) is 12.8 Å². The highest BCUT2D eigenvalue weighted by atomic mass is 32.2. The van der Waals surface area contributed by atoms with Crippen molar-refractivity contribution >= 4 is 23.6 Å². The number of thioether (sulfide) groups is 1. The number of nitrogens with one attached hydrogen (secondary N) is 1. The van der Waals surface area contributed by atoms with E-state index in [0.29, 0.717) is 11.8 Å². The molecule has 0 aliphatic heterocycles. The molecular weight excluding hydrogens is 226 g/mol. The minimum Gasteiger partial charge on any atom is -0.469 e. The summed E-state index contributed by atoms with van der Waals surface area (Å²) in [4.78, 5) is 22.7. The number of hydrogen-bond donors (Lipinski definition) is 1. The number of rotatable bonds is 6. The molecule has 1 amide bonds. The summed E-state index contributed by atoms with van der Waals surface area (Å²) in [5.74, 6) is 0.310. The minimum absolute atomic E-state index is 0.0737. The van der Waals surface area contributed by atoms with Gasteiger partial charge in [-0.1, -0.05) is 6.92 Å². The van der Waals surface area contributed by atoms with Gasteiger partial charge in [-0.25, -0.2) is 0 Å². The molecule has 16 heavy (non-hydrogen) atoms. The molecule has 0 radical (unpaired) electrons. The second-order valence-corrected chi connectivity index (χ2v) is 5.56. The summed E-state index contributed by atoms with van der Waals surface area (Å²) in [6.45, 7) is 3.68. The maximum atomic E-state index is 11.6. The monoisotopic (exact) mass is 245 g/mol. The van der Waals surface area contributed by atoms with Crippen LogP contribution in [0.5, 0.6) is 0 Å². The van der Waals surface area contributed by atoms with Crippen LogP contribution in [0.4, 0.5) is 0 Å². The first-order valence-corrected chi connectivity index (χ1v) is 6.59. The predicted octanol–water partition coefficient (Wildman–Crippen LogP) is 1.20. The fourth-order valence-electron chi connectivity index (χ4n) is 1.18. The quantitative estimate of drug-likeness (QED) is 0.714. The van der Waals surface area contributed by atoms with Gasteiger partial charge in [-0.2, -0.15) is 0 Å². The Bertz CT molecular complexity index is 266. The molecule has 1 rings (SSSR count). The summed E-state index contributed by atoms with van der Waals surface area (Å²) in [6, 6.07) is 0.397. The van der Waals surface area contributed by atoms with Crippen LogP contribution in [0.15, 0.2) is 0 Å². The van der Waals surface area contributed by atoms with E-state index >= 15 is 0 Å². The van der Waals surface area contributed by atoms with Crippen LogP contribution in [-0.2, 0) is 14.3 Å². The summed E-state index contributed by atoms with van der Waals surface area (Å²) >= 11 is 1.49. The number of carbonyl (C=O) groups is 2. The molecule has 2 unspecified atom stereocenters. The van der Waals surface area contributed by atoms with Gasteiger partial charge < -0.3 is 10.1 Å². The van der Waals surface area contributed by atoms with Crippen molar-refractivity contribution in [3.63, 3.8) is 0 Å². The standard InChI is InChI=1S/C11H19NO3S/c1-7(11(14)15-3)6-16-8(2)10(13)12-9-4-5-9/h7-9H,4-6H2,1-3H3,(H,12,13). The van der Waals surface area contributed by atoms with Crippen molar-refractivity contribution in [2.24, 2.45) is 5.92 Å². The Balaban J connectivity index is 2.19. The van der Waals surface area contributed by atoms with Crippen molar-refractivity contribution in [1.29, 1.82) is 0 Å². The van der Waals surface area contributed by atoms with Crippen LogP contribution in [-0.4, -0.2) is 36.0 Å². The number of ether oxygens (including phenoxy) is 1. The Labute approximate surface area is 100 Å². The average molecular weight is 245 g/mol. The largest absolute Gasteiger partial charge is 0.469 e. The van der Waals surface area contributed by atoms with E-state index in [2.05, 4.69) is 10.1 Å². The Hall–Kier alpha value is -0.710. The van der Waals surface area contributed by atoms with E-state index in [1.54, 1.807) is 0 Å². The summed E-state index contributed by atoms with van der Waals surface area (Å²) in [5.41, 5.74) is 0. The van der Waals surface area contributed by atoms with E-state index in [4.69, 9.17) is 0 Å². The molecule has 92 valence electrons. The molecule has 0 aromatic rings. The van der Waals surface area contributed by atoms with Gasteiger partial charge in [-0.15, -0.1) is 11.8 Å². The molecule has 1 N–H and O–H groups in total. The lowest BCUT2D eigenvalue weighted by molar-refractivity contribution is -0.144. The molecule has 0 bridgehead atoms. The van der Waals surface area contributed by atoms with Crippen molar-refractivity contribution in [3.05, 3.63) is 0 Å². The van der Waals surface area contributed by atoms with Gasteiger partial charge in [0.15, 0.2) is 0 Å². The molecule has 0 saturated heterocycles. The first-order chi connectivity index (χ1) is 7.54. The van der Waals surface area contributed by atoms with E-state index < -0.39 is 0 Å². The normalized spacial score (nSPS) is 18.7. The van der Waals surface area contributed by atoms with Crippen LogP contribution < -0.4 is 5.32 Å². The van der Waals surface area contributed by atoms with E-state index in [9.17, 15) is 9.59 Å². The lowest BCUT2D eigenvalue weighted by Crippen LogP contribution is -2.33. The molecule has 1 aliphatic rings. The van der Waals surface area contributed by atoms with Crippen molar-refractivity contribution < 1.29 is 14.3 Å². The first-order valence-electron chi connectivity index (χ1n) is 5.54. The molecule has 0 spiro atoms. The second kappa shape index (κ2) is 6.13.